The summed E-state index contributed by atoms with van der Waals surface area (Å²) in [7, 11) is 0. The zero-order valence-corrected chi connectivity index (χ0v) is 69.9. The average Bonchev–Trinajstić information content (AvgIpc) is 1.63. The van der Waals surface area contributed by atoms with E-state index in [-0.39, 0.29) is 71.8 Å². The SMILES string of the molecule is CC(C)(C)OC(=O)N1[C@@H]2CC[C@H]1CC(O)C2.CC(C)(C)OC(=O)N1[C@@H]2CC[C@H]1CC(OC(=O)c1c(C3CCC4(CC3)CC4)noc1C1CC1)C2.O=C(Cl)c1c(C2CCC3(CC2)CC3)noc1C1CC1.O=C(O)c1c(C2CCC3(CC2)CC3)noc1C1CC1.O=C(OC1C[C@H]2CC[C@@H](C1)N2)c1c(C2CCC3(CC2)CC3)noc1C1CC1. The second kappa shape index (κ2) is 31.4. The number of aromatic carboxylic acids is 1. The van der Waals surface area contributed by atoms with Crippen LogP contribution < -0.4 is 5.32 Å². The van der Waals surface area contributed by atoms with E-state index in [0.29, 0.717) is 135 Å². The number of carboxylic acid groups (broad SMARTS) is 1. The molecule has 23 nitrogen and oxygen atoms in total. The molecule has 628 valence electrons. The molecule has 12 aliphatic carbocycles. The van der Waals surface area contributed by atoms with E-state index < -0.39 is 17.2 Å². The summed E-state index contributed by atoms with van der Waals surface area (Å²) >= 11 is 5.78. The van der Waals surface area contributed by atoms with E-state index in [0.717, 1.165) is 181 Å². The number of nitrogens with one attached hydrogen (secondary N) is 1. The number of rotatable bonds is 14. The van der Waals surface area contributed by atoms with E-state index in [1.165, 1.54) is 116 Å². The van der Waals surface area contributed by atoms with Crippen LogP contribution in [0.2, 0.25) is 0 Å². The van der Waals surface area contributed by atoms with E-state index in [9.17, 15) is 39.0 Å². The number of esters is 2. The van der Waals surface area contributed by atoms with Crippen molar-refractivity contribution in [3.05, 3.63) is 68.1 Å². The van der Waals surface area contributed by atoms with Crippen LogP contribution in [0.1, 0.15) is 459 Å². The largest absolute Gasteiger partial charge is 0.477 e. The first kappa shape index (κ1) is 79.8. The van der Waals surface area contributed by atoms with Crippen molar-refractivity contribution in [2.45, 2.75) is 437 Å². The number of ether oxygens (including phenoxy) is 4. The van der Waals surface area contributed by atoms with Gasteiger partial charge in [0.05, 0.1) is 11.8 Å². The Hall–Kier alpha value is -6.33. The Kier molecular flexibility index (Phi) is 21.7. The van der Waals surface area contributed by atoms with Crippen LogP contribution >= 0.6 is 11.6 Å². The van der Waals surface area contributed by atoms with E-state index in [4.69, 9.17) is 48.6 Å². The number of aliphatic hydroxyl groups is 1. The molecule has 10 heterocycles. The van der Waals surface area contributed by atoms with Crippen LogP contribution in [0.25, 0.3) is 0 Å². The molecule has 22 rings (SSSR count). The molecule has 0 aromatic carbocycles. The summed E-state index contributed by atoms with van der Waals surface area (Å²) in [5, 5.41) is 39.6. The van der Waals surface area contributed by atoms with Gasteiger partial charge in [-0.2, -0.15) is 0 Å². The fraction of sp³-hybridized carbons (Fsp3) is 0.802. The minimum absolute atomic E-state index is 0.0483. The highest BCUT2D eigenvalue weighted by molar-refractivity contribution is 6.68. The fourth-order valence-corrected chi connectivity index (χ4v) is 22.7. The first-order valence-electron chi connectivity index (χ1n) is 45.4. The molecule has 6 saturated heterocycles. The zero-order chi connectivity index (χ0) is 79.7. The molecule has 3 N–H and O–H groups in total. The first-order valence-corrected chi connectivity index (χ1v) is 45.8. The molecule has 2 amide bonds. The first-order chi connectivity index (χ1) is 55.1. The summed E-state index contributed by atoms with van der Waals surface area (Å²) in [6, 6.07) is 1.57. The Morgan fingerprint density at radius 3 is 0.939 bits per heavy atom. The maximum absolute atomic E-state index is 13.5. The molecular formula is C91H126ClN7O16. The maximum atomic E-state index is 13.5. The second-order valence-electron chi connectivity index (χ2n) is 41.8. The normalized spacial score (nSPS) is 31.8. The molecular weight excluding hydrogens is 1480 g/mol. The summed E-state index contributed by atoms with van der Waals surface area (Å²) in [6.45, 7) is 11.3. The minimum atomic E-state index is -0.857. The van der Waals surface area contributed by atoms with E-state index in [1.807, 2.05) is 51.3 Å². The Labute approximate surface area is 682 Å². The lowest BCUT2D eigenvalue weighted by atomic mass is 9.77. The van der Waals surface area contributed by atoms with Gasteiger partial charge in [-0.15, -0.1) is 0 Å². The van der Waals surface area contributed by atoms with E-state index in [1.54, 1.807) is 0 Å². The molecule has 18 fully saturated rings. The number of hydrogen-bond acceptors (Lipinski definition) is 20. The van der Waals surface area contributed by atoms with Gasteiger partial charge in [0, 0.05) is 96.4 Å². The molecule has 4 spiro atoms. The highest BCUT2D eigenvalue weighted by Gasteiger charge is 2.54. The van der Waals surface area contributed by atoms with Crippen molar-refractivity contribution in [3.8, 4) is 0 Å². The van der Waals surface area contributed by atoms with Gasteiger partial charge in [-0.05, 0) is 344 Å². The van der Waals surface area contributed by atoms with Gasteiger partial charge >= 0.3 is 30.1 Å². The van der Waals surface area contributed by atoms with Gasteiger partial charge in [0.2, 0.25) is 0 Å². The quantitative estimate of drug-likeness (QED) is 0.0600. The number of nitrogens with zero attached hydrogens (tertiary/aromatic N) is 6. The molecule has 6 aliphatic heterocycles. The maximum Gasteiger partial charge on any atom is 0.410 e. The van der Waals surface area contributed by atoms with Gasteiger partial charge in [0.15, 0.2) is 23.0 Å². The third-order valence-electron chi connectivity index (χ3n) is 30.7. The Morgan fingerprint density at radius 1 is 0.374 bits per heavy atom. The van der Waals surface area contributed by atoms with Crippen molar-refractivity contribution in [3.63, 3.8) is 0 Å². The Balaban J connectivity index is 0.000000102. The number of carbonyl (C=O) groups is 6. The lowest BCUT2D eigenvalue weighted by Crippen LogP contribution is -2.50. The van der Waals surface area contributed by atoms with Crippen LogP contribution in [0.5, 0.6) is 0 Å². The summed E-state index contributed by atoms with van der Waals surface area (Å²) in [5.41, 5.74) is 7.23. The monoisotopic (exact) mass is 1610 g/mol. The summed E-state index contributed by atoms with van der Waals surface area (Å²) in [4.78, 5) is 78.5. The van der Waals surface area contributed by atoms with E-state index in [2.05, 4.69) is 25.9 Å². The van der Waals surface area contributed by atoms with E-state index >= 15 is 0 Å². The molecule has 24 heteroatoms. The minimum Gasteiger partial charge on any atom is -0.477 e. The van der Waals surface area contributed by atoms with Crippen LogP contribution in [0.15, 0.2) is 18.1 Å². The molecule has 115 heavy (non-hydrogen) atoms. The lowest BCUT2D eigenvalue weighted by molar-refractivity contribution is -0.0230. The number of aromatic nitrogens is 4. The van der Waals surface area contributed by atoms with Crippen LogP contribution in [0.4, 0.5) is 9.59 Å². The molecule has 18 aliphatic rings. The highest BCUT2D eigenvalue weighted by atomic mass is 35.5. The number of halogens is 1. The highest BCUT2D eigenvalue weighted by Crippen LogP contribution is 2.63. The van der Waals surface area contributed by atoms with Crippen molar-refractivity contribution in [2.24, 2.45) is 21.7 Å². The third kappa shape index (κ3) is 18.0. The van der Waals surface area contributed by atoms with Crippen LogP contribution in [0.3, 0.4) is 0 Å². The van der Waals surface area contributed by atoms with Crippen molar-refractivity contribution in [1.82, 2.24) is 35.7 Å². The standard InChI is InChI=1S/C27H38N2O5.C22H30N2O3.C15H18ClNO2.C15H19NO3.C12H21NO3/c1-26(2,3)33-25(31)29-18-6-7-19(29)15-20(14-18)32-24(30)21-22(28-34-23(21)17-4-5-17)16-8-10-27(11-9-16)12-13-27;25-21(26-17-11-15-3-4-16(12-17)23-15)18-19(24-27-20(18)14-1-2-14)13-5-7-22(8-6-13)9-10-22;16-14(18)11-12(17-19-13(11)10-1-2-10)9-3-5-15(6-4-9)7-8-15;17-14(18)11-12(16-19-13(11)10-1-2-10)9-3-5-15(6-4-9)7-8-15;1-12(2,3)16-11(15)13-8-4-5-9(13)7-10(14)6-8/h16-20H,4-15H2,1-3H3;13-17,23H,1-12H2;9-10H,1-8H2;9-10H,1-8H2,(H,17,18);8-10,14H,4-7H2,1-3H3/t18-,19+,20?;15-,16+,17?;;;8-,9+,10?. The van der Waals surface area contributed by atoms with Gasteiger partial charge in [-0.3, -0.25) is 4.79 Å². The third-order valence-corrected chi connectivity index (χ3v) is 30.9. The number of amides is 2. The van der Waals surface area contributed by atoms with Gasteiger partial charge in [-0.25, -0.2) is 24.0 Å². The fourth-order valence-electron chi connectivity index (χ4n) is 22.5. The molecule has 0 radical (unpaired) electrons. The van der Waals surface area contributed by atoms with Crippen LogP contribution in [0, 0.1) is 21.7 Å². The summed E-state index contributed by atoms with van der Waals surface area (Å²) < 4.78 is 45.6. The lowest BCUT2D eigenvalue weighted by Gasteiger charge is -2.39. The molecule has 4 aromatic rings. The number of carboxylic acids is 1. The number of fused-ring (bicyclic) bond motifs is 6. The van der Waals surface area contributed by atoms with Gasteiger partial charge in [0.25, 0.3) is 5.24 Å². The Bertz CT molecular complexity index is 4080. The molecule has 3 unspecified atom stereocenters. The predicted octanol–water partition coefficient (Wildman–Crippen LogP) is 20.5. The van der Waals surface area contributed by atoms with Crippen LogP contribution in [-0.4, -0.2) is 142 Å². The van der Waals surface area contributed by atoms with Crippen molar-refractivity contribution in [2.75, 3.05) is 0 Å². The smallest absolute Gasteiger partial charge is 0.410 e. The second-order valence-corrected chi connectivity index (χ2v) is 42.2. The molecule has 12 saturated carbocycles. The number of piperidine rings is 3. The Morgan fingerprint density at radius 2 is 0.652 bits per heavy atom. The van der Waals surface area contributed by atoms with Crippen molar-refractivity contribution < 1.29 is 76.0 Å². The van der Waals surface area contributed by atoms with Gasteiger partial charge in [0.1, 0.15) is 62.7 Å². The summed E-state index contributed by atoms with van der Waals surface area (Å²) in [6.07, 6.45) is 48.8. The number of aliphatic hydroxyl groups excluding tert-OH is 1. The molecule has 4 aromatic heterocycles. The number of hydrogen-bond donors (Lipinski definition) is 3. The predicted molar refractivity (Wildman–Crippen MR) is 424 cm³/mol. The van der Waals surface area contributed by atoms with Crippen LogP contribution in [-0.2, 0) is 18.9 Å². The number of carbonyl (C=O) groups excluding carboxylic acids is 5. The van der Waals surface area contributed by atoms with Gasteiger partial charge in [-0.1, -0.05) is 20.6 Å². The van der Waals surface area contributed by atoms with Gasteiger partial charge < -0.3 is 62.4 Å². The zero-order valence-electron chi connectivity index (χ0n) is 69.1. The van der Waals surface area contributed by atoms with Crippen molar-refractivity contribution >= 4 is 46.9 Å². The molecule has 6 bridgehead atoms. The topological polar surface area (TPSA) is 302 Å². The summed E-state index contributed by atoms with van der Waals surface area (Å²) in [5.74, 6) is 4.42. The molecule has 9 atom stereocenters. The average molecular weight is 1610 g/mol. The van der Waals surface area contributed by atoms with Crippen molar-refractivity contribution in [1.29, 1.82) is 0 Å².